The molecule has 2 aromatic rings. The van der Waals surface area contributed by atoms with Crippen LogP contribution in [-0.2, 0) is 10.0 Å². The molecule has 1 heterocycles. The van der Waals surface area contributed by atoms with Crippen molar-refractivity contribution < 1.29 is 17.9 Å². The molecule has 20 heavy (non-hydrogen) atoms. The fourth-order valence-corrected chi connectivity index (χ4v) is 2.65. The van der Waals surface area contributed by atoms with Gasteiger partial charge in [-0.1, -0.05) is 30.3 Å². The van der Waals surface area contributed by atoms with E-state index in [0.717, 1.165) is 11.0 Å². The van der Waals surface area contributed by atoms with Crippen LogP contribution in [0.1, 0.15) is 17.4 Å². The molecule has 2 rings (SSSR count). The van der Waals surface area contributed by atoms with Gasteiger partial charge in [-0.15, -0.1) is 0 Å². The van der Waals surface area contributed by atoms with Gasteiger partial charge in [-0.2, -0.15) is 4.72 Å². The summed E-state index contributed by atoms with van der Waals surface area (Å²) in [5.74, 6) is 0.365. The largest absolute Gasteiger partial charge is 0.468 e. The topological polar surface area (TPSA) is 79.5 Å². The molecule has 2 N–H and O–H groups in total. The van der Waals surface area contributed by atoms with Crippen molar-refractivity contribution in [3.63, 3.8) is 0 Å². The summed E-state index contributed by atoms with van der Waals surface area (Å²) in [6.07, 6.45) is 2.91. The van der Waals surface area contributed by atoms with Gasteiger partial charge in [-0.25, -0.2) is 8.42 Å². The molecule has 106 valence electrons. The third kappa shape index (κ3) is 4.06. The molecule has 0 saturated heterocycles. The standard InChI is InChI=1S/C14H15NO4S/c16-11-13(14-7-4-9-19-14)15-20(17,18)10-8-12-5-2-1-3-6-12/h1-10,13,15-16H,11H2/b10-8+. The second kappa shape index (κ2) is 6.51. The lowest BCUT2D eigenvalue weighted by molar-refractivity contribution is 0.242. The fourth-order valence-electron chi connectivity index (χ4n) is 1.64. The molecule has 0 spiro atoms. The number of aliphatic hydroxyl groups excluding tert-OH is 1. The fraction of sp³-hybridized carbons (Fsp3) is 0.143. The van der Waals surface area contributed by atoms with Crippen molar-refractivity contribution in [2.45, 2.75) is 6.04 Å². The van der Waals surface area contributed by atoms with Crippen LogP contribution in [0.4, 0.5) is 0 Å². The number of aliphatic hydroxyl groups is 1. The maximum atomic E-state index is 11.9. The highest BCUT2D eigenvalue weighted by molar-refractivity contribution is 7.92. The van der Waals surface area contributed by atoms with Crippen LogP contribution >= 0.6 is 0 Å². The molecule has 1 aromatic carbocycles. The number of hydrogen-bond acceptors (Lipinski definition) is 4. The molecule has 0 aliphatic rings. The molecule has 0 amide bonds. The molecule has 0 aliphatic heterocycles. The minimum Gasteiger partial charge on any atom is -0.468 e. The second-order valence-electron chi connectivity index (χ2n) is 4.13. The summed E-state index contributed by atoms with van der Waals surface area (Å²) < 4.78 is 31.3. The number of furan rings is 1. The van der Waals surface area contributed by atoms with Gasteiger partial charge in [-0.05, 0) is 23.8 Å². The Kier molecular flexibility index (Phi) is 4.73. The van der Waals surface area contributed by atoms with Gasteiger partial charge in [-0.3, -0.25) is 0 Å². The van der Waals surface area contributed by atoms with E-state index in [2.05, 4.69) is 4.72 Å². The Bertz CT molecular complexity index is 648. The molecular formula is C14H15NO4S. The summed E-state index contributed by atoms with van der Waals surface area (Å²) in [6.45, 7) is -0.383. The van der Waals surface area contributed by atoms with Crippen molar-refractivity contribution >= 4 is 16.1 Å². The van der Waals surface area contributed by atoms with Crippen LogP contribution in [0.5, 0.6) is 0 Å². The van der Waals surface area contributed by atoms with Crippen molar-refractivity contribution in [1.29, 1.82) is 0 Å². The third-order valence-electron chi connectivity index (χ3n) is 2.61. The first kappa shape index (κ1) is 14.5. The highest BCUT2D eigenvalue weighted by Crippen LogP contribution is 2.14. The van der Waals surface area contributed by atoms with Crippen LogP contribution in [0.15, 0.2) is 58.6 Å². The Morgan fingerprint density at radius 3 is 2.55 bits per heavy atom. The number of benzene rings is 1. The van der Waals surface area contributed by atoms with Gasteiger partial charge in [0.2, 0.25) is 10.0 Å². The lowest BCUT2D eigenvalue weighted by atomic mass is 10.2. The van der Waals surface area contributed by atoms with Crippen molar-refractivity contribution in [1.82, 2.24) is 4.72 Å². The normalized spacial score (nSPS) is 13.7. The first-order valence-corrected chi connectivity index (χ1v) is 7.55. The van der Waals surface area contributed by atoms with Gasteiger partial charge in [0.1, 0.15) is 11.8 Å². The molecule has 1 aromatic heterocycles. The number of hydrogen-bond donors (Lipinski definition) is 2. The van der Waals surface area contributed by atoms with Crippen molar-refractivity contribution in [3.05, 3.63) is 65.5 Å². The van der Waals surface area contributed by atoms with E-state index in [4.69, 9.17) is 4.42 Å². The molecule has 0 saturated carbocycles. The van der Waals surface area contributed by atoms with Gasteiger partial charge in [0.15, 0.2) is 0 Å². The van der Waals surface area contributed by atoms with E-state index in [-0.39, 0.29) is 6.61 Å². The molecule has 6 heteroatoms. The van der Waals surface area contributed by atoms with E-state index in [1.54, 1.807) is 24.3 Å². The lowest BCUT2D eigenvalue weighted by Crippen LogP contribution is -2.28. The summed E-state index contributed by atoms with van der Waals surface area (Å²) in [5, 5.41) is 10.3. The zero-order valence-electron chi connectivity index (χ0n) is 10.6. The molecule has 5 nitrogen and oxygen atoms in total. The molecular weight excluding hydrogens is 278 g/mol. The van der Waals surface area contributed by atoms with E-state index < -0.39 is 16.1 Å². The average molecular weight is 293 g/mol. The number of rotatable bonds is 6. The van der Waals surface area contributed by atoms with Crippen LogP contribution in [0.3, 0.4) is 0 Å². The lowest BCUT2D eigenvalue weighted by Gasteiger charge is -2.12. The van der Waals surface area contributed by atoms with Gasteiger partial charge < -0.3 is 9.52 Å². The third-order valence-corrected chi connectivity index (χ3v) is 3.72. The monoisotopic (exact) mass is 293 g/mol. The highest BCUT2D eigenvalue weighted by Gasteiger charge is 2.18. The minimum absolute atomic E-state index is 0.365. The quantitative estimate of drug-likeness (QED) is 0.852. The first-order valence-electron chi connectivity index (χ1n) is 6.00. The van der Waals surface area contributed by atoms with Crippen molar-refractivity contribution in [3.8, 4) is 0 Å². The predicted molar refractivity (Wildman–Crippen MR) is 76.1 cm³/mol. The molecule has 0 fully saturated rings. The summed E-state index contributed by atoms with van der Waals surface area (Å²) in [5.41, 5.74) is 0.774. The zero-order chi connectivity index (χ0) is 14.4. The van der Waals surface area contributed by atoms with Gasteiger partial charge >= 0.3 is 0 Å². The minimum atomic E-state index is -3.67. The summed E-state index contributed by atoms with van der Waals surface area (Å²) in [7, 11) is -3.67. The van der Waals surface area contributed by atoms with Crippen molar-refractivity contribution in [2.24, 2.45) is 0 Å². The van der Waals surface area contributed by atoms with Crippen LogP contribution in [0.25, 0.3) is 6.08 Å². The molecule has 1 atom stereocenters. The Morgan fingerprint density at radius 1 is 1.20 bits per heavy atom. The van der Waals surface area contributed by atoms with Crippen LogP contribution < -0.4 is 4.72 Å². The molecule has 0 radical (unpaired) electrons. The Hall–Kier alpha value is -1.89. The van der Waals surface area contributed by atoms with Crippen molar-refractivity contribution in [2.75, 3.05) is 6.61 Å². The Labute approximate surface area is 117 Å². The molecule has 0 bridgehead atoms. The predicted octanol–water partition coefficient (Wildman–Crippen LogP) is 1.90. The SMILES string of the molecule is O=S(=O)(/C=C/c1ccccc1)NC(CO)c1ccco1. The molecule has 1 unspecified atom stereocenters. The summed E-state index contributed by atoms with van der Waals surface area (Å²) in [4.78, 5) is 0. The molecule has 0 aliphatic carbocycles. The second-order valence-corrected chi connectivity index (χ2v) is 5.72. The highest BCUT2D eigenvalue weighted by atomic mass is 32.2. The van der Waals surface area contributed by atoms with Gasteiger partial charge in [0.05, 0.1) is 12.9 Å². The van der Waals surface area contributed by atoms with E-state index in [1.807, 2.05) is 18.2 Å². The van der Waals surface area contributed by atoms with E-state index >= 15 is 0 Å². The average Bonchev–Trinajstić information content (AvgIpc) is 2.98. The Balaban J connectivity index is 2.09. The summed E-state index contributed by atoms with van der Waals surface area (Å²) >= 11 is 0. The van der Waals surface area contributed by atoms with Gasteiger partial charge in [0, 0.05) is 5.41 Å². The van der Waals surface area contributed by atoms with E-state index in [1.165, 1.54) is 12.3 Å². The first-order chi connectivity index (χ1) is 9.61. The number of nitrogens with one attached hydrogen (secondary N) is 1. The summed E-state index contributed by atoms with van der Waals surface area (Å²) in [6, 6.07) is 11.5. The van der Waals surface area contributed by atoms with E-state index in [0.29, 0.717) is 5.76 Å². The van der Waals surface area contributed by atoms with Crippen LogP contribution in [-0.4, -0.2) is 20.1 Å². The smallest absolute Gasteiger partial charge is 0.234 e. The Morgan fingerprint density at radius 2 is 1.95 bits per heavy atom. The van der Waals surface area contributed by atoms with Gasteiger partial charge in [0.25, 0.3) is 0 Å². The number of sulfonamides is 1. The zero-order valence-corrected chi connectivity index (χ0v) is 11.5. The maximum absolute atomic E-state index is 11.9. The van der Waals surface area contributed by atoms with Crippen LogP contribution in [0.2, 0.25) is 0 Å². The van der Waals surface area contributed by atoms with Crippen LogP contribution in [0, 0.1) is 0 Å². The maximum Gasteiger partial charge on any atom is 0.234 e. The van der Waals surface area contributed by atoms with E-state index in [9.17, 15) is 13.5 Å².